The van der Waals surface area contributed by atoms with E-state index in [0.717, 1.165) is 0 Å². The molecular weight excluding hydrogens is 223 g/mol. The van der Waals surface area contributed by atoms with E-state index in [9.17, 15) is 4.39 Å². The summed E-state index contributed by atoms with van der Waals surface area (Å²) in [7, 11) is 0. The van der Waals surface area contributed by atoms with E-state index in [1.54, 1.807) is 6.07 Å². The zero-order valence-electron chi connectivity index (χ0n) is 6.14. The summed E-state index contributed by atoms with van der Waals surface area (Å²) in [5, 5.41) is 8.37. The number of benzene rings is 1. The Morgan fingerprint density at radius 2 is 2.25 bits per heavy atom. The number of nitriles is 1. The maximum Gasteiger partial charge on any atom is 0.143 e. The van der Waals surface area contributed by atoms with E-state index in [1.807, 2.05) is 6.07 Å². The van der Waals surface area contributed by atoms with Gasteiger partial charge in [0.1, 0.15) is 5.82 Å². The van der Waals surface area contributed by atoms with Crippen molar-refractivity contribution in [2.45, 2.75) is 6.42 Å². The lowest BCUT2D eigenvalue weighted by Gasteiger charge is -2.03. The van der Waals surface area contributed by atoms with E-state index in [-0.39, 0.29) is 12.0 Å². The van der Waals surface area contributed by atoms with Gasteiger partial charge >= 0.3 is 0 Å². The van der Waals surface area contributed by atoms with Crippen molar-refractivity contribution in [1.82, 2.24) is 0 Å². The van der Waals surface area contributed by atoms with Crippen molar-refractivity contribution in [2.75, 3.05) is 5.73 Å². The fraction of sp³-hybridized carbons (Fsp3) is 0.125. The lowest BCUT2D eigenvalue weighted by atomic mass is 10.1. The van der Waals surface area contributed by atoms with Crippen LogP contribution in [0.5, 0.6) is 0 Å². The second kappa shape index (κ2) is 3.55. The van der Waals surface area contributed by atoms with Gasteiger partial charge in [0.25, 0.3) is 0 Å². The largest absolute Gasteiger partial charge is 0.398 e. The number of nitrogens with zero attached hydrogens (tertiary/aromatic N) is 1. The molecule has 0 atom stereocenters. The van der Waals surface area contributed by atoms with Crippen LogP contribution in [0.2, 0.25) is 0 Å². The van der Waals surface area contributed by atoms with Gasteiger partial charge in [0.05, 0.1) is 17.0 Å². The van der Waals surface area contributed by atoms with Crippen LogP contribution < -0.4 is 5.73 Å². The molecule has 0 saturated heterocycles. The third-order valence-electron chi connectivity index (χ3n) is 1.49. The van der Waals surface area contributed by atoms with E-state index < -0.39 is 5.82 Å². The summed E-state index contributed by atoms with van der Waals surface area (Å²) in [4.78, 5) is 0. The van der Waals surface area contributed by atoms with Crippen LogP contribution in [0.3, 0.4) is 0 Å². The van der Waals surface area contributed by atoms with Crippen LogP contribution in [0.15, 0.2) is 16.6 Å². The summed E-state index contributed by atoms with van der Waals surface area (Å²) in [6.45, 7) is 0. The number of hydrogen-bond acceptors (Lipinski definition) is 2. The minimum Gasteiger partial charge on any atom is -0.398 e. The molecule has 2 nitrogen and oxygen atoms in total. The number of anilines is 1. The van der Waals surface area contributed by atoms with Gasteiger partial charge in [-0.15, -0.1) is 0 Å². The monoisotopic (exact) mass is 228 g/mol. The molecule has 0 bridgehead atoms. The van der Waals surface area contributed by atoms with Gasteiger partial charge in [-0.1, -0.05) is 0 Å². The summed E-state index contributed by atoms with van der Waals surface area (Å²) in [5.41, 5.74) is 6.04. The fourth-order valence-corrected chi connectivity index (χ4v) is 1.24. The summed E-state index contributed by atoms with van der Waals surface area (Å²) in [6.07, 6.45) is -0.00287. The highest BCUT2D eigenvalue weighted by Gasteiger charge is 2.08. The van der Waals surface area contributed by atoms with Crippen molar-refractivity contribution in [3.8, 4) is 6.07 Å². The third-order valence-corrected chi connectivity index (χ3v) is 2.10. The molecule has 0 aliphatic rings. The van der Waals surface area contributed by atoms with Crippen LogP contribution >= 0.6 is 15.9 Å². The predicted molar refractivity (Wildman–Crippen MR) is 47.8 cm³/mol. The number of halogens is 2. The molecule has 0 aliphatic carbocycles. The second-order valence-electron chi connectivity index (χ2n) is 2.26. The normalized spacial score (nSPS) is 9.42. The van der Waals surface area contributed by atoms with Crippen LogP contribution in [0.4, 0.5) is 10.1 Å². The Bertz CT molecular complexity index is 344. The lowest BCUT2D eigenvalue weighted by molar-refractivity contribution is 0.609. The van der Waals surface area contributed by atoms with Gasteiger partial charge in [-0.2, -0.15) is 5.26 Å². The first-order valence-corrected chi connectivity index (χ1v) is 4.05. The number of nitrogen functional groups attached to an aromatic ring is 1. The van der Waals surface area contributed by atoms with Crippen molar-refractivity contribution in [1.29, 1.82) is 5.26 Å². The topological polar surface area (TPSA) is 49.8 Å². The number of rotatable bonds is 1. The SMILES string of the molecule is N#CCc1c(N)ccc(Br)c1F. The molecule has 0 heterocycles. The Labute approximate surface area is 77.9 Å². The first-order valence-electron chi connectivity index (χ1n) is 3.26. The van der Waals surface area contributed by atoms with E-state index in [0.29, 0.717) is 10.2 Å². The first kappa shape index (κ1) is 9.01. The minimum absolute atomic E-state index is 0.00287. The molecule has 1 aromatic rings. The van der Waals surface area contributed by atoms with Gasteiger partial charge in [0.15, 0.2) is 0 Å². The molecule has 0 aliphatic heterocycles. The second-order valence-corrected chi connectivity index (χ2v) is 3.12. The summed E-state index contributed by atoms with van der Waals surface area (Å²) in [6, 6.07) is 4.94. The Morgan fingerprint density at radius 3 is 2.83 bits per heavy atom. The quantitative estimate of drug-likeness (QED) is 0.750. The first-order chi connectivity index (χ1) is 5.66. The Balaban J connectivity index is 3.25. The highest BCUT2D eigenvalue weighted by Crippen LogP contribution is 2.23. The highest BCUT2D eigenvalue weighted by atomic mass is 79.9. The summed E-state index contributed by atoms with van der Waals surface area (Å²) < 4.78 is 13.5. The van der Waals surface area contributed by atoms with Crippen LogP contribution in [0.25, 0.3) is 0 Å². The van der Waals surface area contributed by atoms with Gasteiger partial charge in [0, 0.05) is 11.3 Å². The summed E-state index contributed by atoms with van der Waals surface area (Å²) in [5.74, 6) is -0.448. The van der Waals surface area contributed by atoms with E-state index in [1.165, 1.54) is 6.07 Å². The Kier molecular flexibility index (Phi) is 2.66. The highest BCUT2D eigenvalue weighted by molar-refractivity contribution is 9.10. The fourth-order valence-electron chi connectivity index (χ4n) is 0.866. The van der Waals surface area contributed by atoms with Crippen LogP contribution in [-0.4, -0.2) is 0 Å². The number of hydrogen-bond donors (Lipinski definition) is 1. The van der Waals surface area contributed by atoms with Crippen molar-refractivity contribution < 1.29 is 4.39 Å². The van der Waals surface area contributed by atoms with Gasteiger partial charge in [-0.25, -0.2) is 4.39 Å². The lowest BCUT2D eigenvalue weighted by Crippen LogP contribution is -1.97. The van der Waals surface area contributed by atoms with Crippen molar-refractivity contribution in [2.24, 2.45) is 0 Å². The molecule has 0 amide bonds. The Morgan fingerprint density at radius 1 is 1.58 bits per heavy atom. The Hall–Kier alpha value is -1.08. The molecule has 0 unspecified atom stereocenters. The van der Waals surface area contributed by atoms with Crippen molar-refractivity contribution in [3.05, 3.63) is 28.0 Å². The molecule has 0 spiro atoms. The van der Waals surface area contributed by atoms with Crippen LogP contribution in [-0.2, 0) is 6.42 Å². The van der Waals surface area contributed by atoms with E-state index in [4.69, 9.17) is 11.0 Å². The molecular formula is C8H6BrFN2. The summed E-state index contributed by atoms with van der Waals surface area (Å²) >= 11 is 3.01. The number of nitrogens with two attached hydrogens (primary N) is 1. The average Bonchev–Trinajstić information content (AvgIpc) is 2.06. The molecule has 1 aromatic carbocycles. The average molecular weight is 229 g/mol. The standard InChI is InChI=1S/C8H6BrFN2/c9-6-1-2-7(12)5(3-4-11)8(6)10/h1-2H,3,12H2. The van der Waals surface area contributed by atoms with E-state index >= 15 is 0 Å². The smallest absolute Gasteiger partial charge is 0.143 e. The minimum atomic E-state index is -0.448. The maximum absolute atomic E-state index is 13.2. The van der Waals surface area contributed by atoms with Gasteiger partial charge in [-0.3, -0.25) is 0 Å². The molecule has 62 valence electrons. The molecule has 2 N–H and O–H groups in total. The van der Waals surface area contributed by atoms with Crippen molar-refractivity contribution in [3.63, 3.8) is 0 Å². The zero-order chi connectivity index (χ0) is 9.14. The van der Waals surface area contributed by atoms with Crippen LogP contribution in [0, 0.1) is 17.1 Å². The molecule has 12 heavy (non-hydrogen) atoms. The van der Waals surface area contributed by atoms with Gasteiger partial charge < -0.3 is 5.73 Å². The molecule has 0 fully saturated rings. The molecule has 4 heteroatoms. The molecule has 1 rings (SSSR count). The zero-order valence-corrected chi connectivity index (χ0v) is 7.73. The molecule has 0 radical (unpaired) electrons. The predicted octanol–water partition coefficient (Wildman–Crippen LogP) is 2.24. The third kappa shape index (κ3) is 1.56. The van der Waals surface area contributed by atoms with Gasteiger partial charge in [0.2, 0.25) is 0 Å². The molecule has 0 saturated carbocycles. The van der Waals surface area contributed by atoms with Crippen LogP contribution in [0.1, 0.15) is 5.56 Å². The van der Waals surface area contributed by atoms with Crippen molar-refractivity contribution >= 4 is 21.6 Å². The van der Waals surface area contributed by atoms with Gasteiger partial charge in [-0.05, 0) is 28.1 Å². The molecule has 0 aromatic heterocycles. The van der Waals surface area contributed by atoms with E-state index in [2.05, 4.69) is 15.9 Å². The maximum atomic E-state index is 13.2.